The second kappa shape index (κ2) is 24.0. The zero-order valence-corrected chi connectivity index (χ0v) is 47.4. The van der Waals surface area contributed by atoms with Gasteiger partial charge in [0.1, 0.15) is 28.8 Å². The van der Waals surface area contributed by atoms with E-state index in [9.17, 15) is 19.2 Å². The van der Waals surface area contributed by atoms with Gasteiger partial charge in [-0.15, -0.1) is 0 Å². The van der Waals surface area contributed by atoms with Crippen LogP contribution in [-0.4, -0.2) is 44.9 Å². The predicted octanol–water partition coefficient (Wildman–Crippen LogP) is 15.9. The number of carbonyl (C=O) groups is 4. The average Bonchev–Trinajstić information content (AvgIpc) is 1.75. The molecule has 0 atom stereocenters. The Bertz CT molecular complexity index is 4200. The van der Waals surface area contributed by atoms with E-state index in [1.165, 1.54) is 0 Å². The second-order valence-corrected chi connectivity index (χ2v) is 20.8. The van der Waals surface area contributed by atoms with Gasteiger partial charge in [-0.25, -0.2) is 34.1 Å². The molecule has 1 aliphatic rings. The molecule has 2 heterocycles. The number of aliphatic imine (C=N–C) groups is 2. The van der Waals surface area contributed by atoms with Crippen LogP contribution >= 0.6 is 31.9 Å². The van der Waals surface area contributed by atoms with Crippen LogP contribution in [0.5, 0.6) is 23.0 Å². The molecule has 12 rings (SSSR count). The molecule has 84 heavy (non-hydrogen) atoms. The highest BCUT2D eigenvalue weighted by Gasteiger charge is 2.46. The smallest absolute Gasteiger partial charge is 0.343 e. The Morgan fingerprint density at radius 1 is 0.345 bits per heavy atom. The fourth-order valence-electron chi connectivity index (χ4n) is 9.61. The van der Waals surface area contributed by atoms with Gasteiger partial charge >= 0.3 is 23.9 Å². The van der Waals surface area contributed by atoms with Crippen LogP contribution in [0, 0.1) is 0 Å². The molecule has 0 fully saturated rings. The summed E-state index contributed by atoms with van der Waals surface area (Å²) in [5, 5.41) is 0. The highest BCUT2D eigenvalue weighted by Crippen LogP contribution is 2.49. The lowest BCUT2D eigenvalue weighted by molar-refractivity contribution is 0.0725. The van der Waals surface area contributed by atoms with E-state index in [1.807, 2.05) is 102 Å². The highest BCUT2D eigenvalue weighted by molar-refractivity contribution is 9.10. The first-order valence-electron chi connectivity index (χ1n) is 26.4. The van der Waals surface area contributed by atoms with Crippen LogP contribution in [0.2, 0.25) is 0 Å². The minimum Gasteiger partial charge on any atom is -0.423 e. The third kappa shape index (κ3) is 11.3. The number of esters is 4. The molecule has 10 aromatic carbocycles. The van der Waals surface area contributed by atoms with Crippen LogP contribution in [0.15, 0.2) is 286 Å². The quantitative estimate of drug-likeness (QED) is 0.0722. The molecule has 0 aliphatic carbocycles. The van der Waals surface area contributed by atoms with Crippen molar-refractivity contribution in [3.63, 3.8) is 0 Å². The molecule has 1 aliphatic heterocycles. The van der Waals surface area contributed by atoms with Crippen LogP contribution < -0.4 is 18.9 Å². The Hall–Kier alpha value is -10.4. The van der Waals surface area contributed by atoms with E-state index < -0.39 is 29.7 Å². The fourth-order valence-corrected chi connectivity index (χ4v) is 10.6. The Labute approximate surface area is 499 Å². The van der Waals surface area contributed by atoms with Gasteiger partial charge < -0.3 is 18.9 Å². The Morgan fingerprint density at radius 3 is 1.04 bits per heavy atom. The molecular formula is C70H44Br2N4O8. The van der Waals surface area contributed by atoms with E-state index in [4.69, 9.17) is 33.9 Å². The summed E-state index contributed by atoms with van der Waals surface area (Å²) in [5.41, 5.74) is 6.70. The van der Waals surface area contributed by atoms with Crippen molar-refractivity contribution in [2.24, 2.45) is 9.98 Å². The second-order valence-electron chi connectivity index (χ2n) is 19.1. The van der Waals surface area contributed by atoms with E-state index in [0.717, 1.165) is 0 Å². The molecule has 12 nitrogen and oxygen atoms in total. The van der Waals surface area contributed by atoms with Gasteiger partial charge in [0.2, 0.25) is 0 Å². The van der Waals surface area contributed by atoms with Crippen molar-refractivity contribution >= 4 is 67.2 Å². The number of para-hydroxylation sites is 4. The molecule has 1 aromatic heterocycles. The molecular weight excluding hydrogens is 1180 g/mol. The largest absolute Gasteiger partial charge is 0.423 e. The molecule has 0 saturated carbocycles. The third-order valence-electron chi connectivity index (χ3n) is 13.7. The topological polar surface area (TPSA) is 148 Å². The summed E-state index contributed by atoms with van der Waals surface area (Å²) in [6.07, 6.45) is 0. The molecule has 0 unspecified atom stereocenters. The lowest BCUT2D eigenvalue weighted by Gasteiger charge is -2.30. The van der Waals surface area contributed by atoms with Gasteiger partial charge in [0.15, 0.2) is 0 Å². The number of hydrogen-bond donors (Lipinski definition) is 0. The van der Waals surface area contributed by atoms with Crippen molar-refractivity contribution in [1.29, 1.82) is 0 Å². The molecule has 0 radical (unpaired) electrons. The Morgan fingerprint density at radius 2 is 0.667 bits per heavy atom. The summed E-state index contributed by atoms with van der Waals surface area (Å²) < 4.78 is 26.3. The molecule has 0 spiro atoms. The maximum Gasteiger partial charge on any atom is 0.343 e. The van der Waals surface area contributed by atoms with Gasteiger partial charge in [0.25, 0.3) is 5.79 Å². The van der Waals surface area contributed by atoms with Crippen LogP contribution in [-0.2, 0) is 5.79 Å². The first kappa shape index (κ1) is 54.2. The summed E-state index contributed by atoms with van der Waals surface area (Å²) >= 11 is 7.82. The molecule has 0 N–H and O–H groups in total. The summed E-state index contributed by atoms with van der Waals surface area (Å²) in [6, 6.07) is 78.6. The number of aromatic nitrogens is 2. The van der Waals surface area contributed by atoms with Crippen molar-refractivity contribution < 1.29 is 38.1 Å². The first-order valence-corrected chi connectivity index (χ1v) is 28.0. The number of ether oxygens (including phenoxy) is 4. The van der Waals surface area contributed by atoms with Crippen LogP contribution in [0.1, 0.15) is 58.1 Å². The highest BCUT2D eigenvalue weighted by atomic mass is 79.9. The summed E-state index contributed by atoms with van der Waals surface area (Å²) in [4.78, 5) is 71.9. The monoisotopic (exact) mass is 1230 g/mol. The first-order chi connectivity index (χ1) is 41.1. The fraction of sp³-hybridized carbons (Fsp3) is 0.0143. The van der Waals surface area contributed by atoms with Gasteiger partial charge in [-0.05, 0) is 109 Å². The van der Waals surface area contributed by atoms with Crippen LogP contribution in [0.4, 0.5) is 0 Å². The van der Waals surface area contributed by atoms with Crippen molar-refractivity contribution in [3.8, 4) is 56.9 Å². The maximum absolute atomic E-state index is 13.8. The maximum atomic E-state index is 13.8. The zero-order valence-electron chi connectivity index (χ0n) is 44.2. The SMILES string of the molecule is O=C(Oc1ccccc1)c1ccc(C2=NC(c3ccccc3Br)(n3c(-c4ccccc4Br)nc(-c4ccc(C(=O)Oc5ccccc5)cc4)c3-c3ccc(C(=O)Oc4ccccc4)cc3)N=C2c2ccc(C(=O)Oc3ccccc3)cc2)cc1. The summed E-state index contributed by atoms with van der Waals surface area (Å²) in [7, 11) is 0. The minimum absolute atomic E-state index is 0.289. The summed E-state index contributed by atoms with van der Waals surface area (Å²) in [5.74, 6) is -1.97. The average molecular weight is 1230 g/mol. The number of halogens is 2. The lowest BCUT2D eigenvalue weighted by atomic mass is 9.98. The van der Waals surface area contributed by atoms with Gasteiger partial charge in [0, 0.05) is 42.3 Å². The van der Waals surface area contributed by atoms with E-state index >= 15 is 0 Å². The van der Waals surface area contributed by atoms with E-state index in [0.29, 0.717) is 111 Å². The molecule has 14 heteroatoms. The molecule has 0 bridgehead atoms. The zero-order chi connectivity index (χ0) is 57.6. The van der Waals surface area contributed by atoms with E-state index in [1.54, 1.807) is 170 Å². The van der Waals surface area contributed by atoms with Crippen molar-refractivity contribution in [2.75, 3.05) is 0 Å². The van der Waals surface area contributed by atoms with Crippen LogP contribution in [0.25, 0.3) is 33.9 Å². The normalized spacial score (nSPS) is 12.4. The van der Waals surface area contributed by atoms with Gasteiger partial charge in [-0.2, -0.15) is 0 Å². The van der Waals surface area contributed by atoms with Crippen molar-refractivity contribution in [2.45, 2.75) is 5.79 Å². The van der Waals surface area contributed by atoms with Crippen LogP contribution in [0.3, 0.4) is 0 Å². The van der Waals surface area contributed by atoms with E-state index in [2.05, 4.69) is 31.9 Å². The number of hydrogen-bond acceptors (Lipinski definition) is 11. The van der Waals surface area contributed by atoms with Crippen molar-refractivity contribution in [3.05, 3.63) is 315 Å². The number of carbonyl (C=O) groups excluding carboxylic acids is 4. The number of benzene rings is 10. The number of nitrogens with zero attached hydrogens (tertiary/aromatic N) is 4. The number of imidazole rings is 1. The molecule has 11 aromatic rings. The minimum atomic E-state index is -1.78. The van der Waals surface area contributed by atoms with Gasteiger partial charge in [-0.1, -0.05) is 190 Å². The Balaban J connectivity index is 1.09. The Kier molecular flexibility index (Phi) is 15.5. The van der Waals surface area contributed by atoms with Gasteiger partial charge in [-0.3, -0.25) is 4.57 Å². The third-order valence-corrected chi connectivity index (χ3v) is 15.1. The molecule has 406 valence electrons. The lowest BCUT2D eigenvalue weighted by Crippen LogP contribution is -2.32. The standard InChI is InChI=1S/C70H44Br2N4O8/c71-59-27-15-13-25-57(59)65-73-63(47-33-41-51(42-34-47)68(79)83-55-21-9-3-10-22-55)64(48-35-43-52(44-36-48)69(80)84-56-23-11-4-12-24-56)76(65)70(58-26-14-16-28-60(58)72)74-61(45-29-37-49(38-30-45)66(77)81-53-17-5-1-6-18-53)62(75-70)46-31-39-50(40-32-46)67(78)82-54-19-7-2-8-20-54/h1-44H. The van der Waals surface area contributed by atoms with E-state index in [-0.39, 0.29) is 5.56 Å². The summed E-state index contributed by atoms with van der Waals surface area (Å²) in [6.45, 7) is 0. The van der Waals surface area contributed by atoms with Gasteiger partial charge in [0.05, 0.1) is 45.1 Å². The predicted molar refractivity (Wildman–Crippen MR) is 329 cm³/mol. The molecule has 0 amide bonds. The number of rotatable bonds is 15. The molecule has 0 saturated heterocycles. The van der Waals surface area contributed by atoms with Crippen molar-refractivity contribution in [1.82, 2.24) is 9.55 Å².